The number of carbonyl (C=O) groups excluding carboxylic acids is 5. The number of piperidine rings is 4. The van der Waals surface area contributed by atoms with Crippen molar-refractivity contribution in [3.8, 4) is 0 Å². The number of ketones is 1. The molecule has 132 heavy (non-hydrogen) atoms. The summed E-state index contributed by atoms with van der Waals surface area (Å²) in [5.41, 5.74) is 14.9. The molecule has 7 aromatic carbocycles. The number of hydrogen-bond acceptors (Lipinski definition) is 17. The molecule has 19 rings (SSSR count). The van der Waals surface area contributed by atoms with Gasteiger partial charge in [-0.25, -0.2) is 38.7 Å². The van der Waals surface area contributed by atoms with Crippen molar-refractivity contribution < 1.29 is 24.0 Å². The summed E-state index contributed by atoms with van der Waals surface area (Å²) in [5, 5.41) is 39.5. The van der Waals surface area contributed by atoms with E-state index < -0.39 is 0 Å². The summed E-state index contributed by atoms with van der Waals surface area (Å²) in [6.07, 6.45) is 14.1. The van der Waals surface area contributed by atoms with Crippen molar-refractivity contribution >= 4 is 166 Å². The molecule has 4 fully saturated rings. The van der Waals surface area contributed by atoms with E-state index in [4.69, 9.17) is 84.9 Å². The highest BCUT2D eigenvalue weighted by Gasteiger charge is 2.32. The van der Waals surface area contributed by atoms with Crippen LogP contribution in [-0.4, -0.2) is 163 Å². The first-order valence-corrected chi connectivity index (χ1v) is 46.7. The average molecular weight is 1890 g/mol. The monoisotopic (exact) mass is 1880 g/mol. The molecular weight excluding hydrogens is 1790 g/mol. The van der Waals surface area contributed by atoms with E-state index in [0.29, 0.717) is 104 Å². The first-order valence-electron chi connectivity index (χ1n) is 44.5. The maximum Gasteiger partial charge on any atom is 0.258 e. The van der Waals surface area contributed by atoms with E-state index in [1.807, 2.05) is 95.0 Å². The van der Waals surface area contributed by atoms with Gasteiger partial charge in [0.1, 0.15) is 0 Å². The molecule has 5 N–H and O–H groups in total. The predicted octanol–water partition coefficient (Wildman–Crippen LogP) is 22.1. The number of fused-ring (bicyclic) bond motifs is 4. The van der Waals surface area contributed by atoms with Crippen LogP contribution in [0.25, 0.3) is 44.1 Å². The first-order chi connectivity index (χ1) is 63.9. The lowest BCUT2D eigenvalue weighted by Crippen LogP contribution is -2.34. The number of nitrogens with one attached hydrogen (secondary N) is 5. The second-order valence-electron chi connectivity index (χ2n) is 34.2. The molecular formula is C101H102Cl6N20O5. The number of carbonyl (C=O) groups is 5. The number of nitrogens with zero attached hydrogens (tertiary/aromatic N) is 15. The Morgan fingerprint density at radius 1 is 0.356 bits per heavy atom. The lowest BCUT2D eigenvalue weighted by molar-refractivity contribution is 0.101. The molecule has 12 heterocycles. The molecule has 0 bridgehead atoms. The maximum absolute atomic E-state index is 13.2. The van der Waals surface area contributed by atoms with Gasteiger partial charge in [0.25, 0.3) is 23.6 Å². The fourth-order valence-corrected chi connectivity index (χ4v) is 19.1. The first kappa shape index (κ1) is 93.4. The third kappa shape index (κ3) is 21.6. The largest absolute Gasteiger partial charge is 0.322 e. The number of hydrogen-bond donors (Lipinski definition) is 5. The van der Waals surface area contributed by atoms with Gasteiger partial charge in [-0.05, 0) is 220 Å². The Morgan fingerprint density at radius 3 is 0.939 bits per heavy atom. The lowest BCUT2D eigenvalue weighted by Gasteiger charge is -2.32. The molecule has 8 aromatic heterocycles. The number of anilines is 4. The zero-order chi connectivity index (χ0) is 92.4. The summed E-state index contributed by atoms with van der Waals surface area (Å²) in [7, 11) is 2.13. The van der Waals surface area contributed by atoms with Gasteiger partial charge in [0.15, 0.2) is 28.4 Å². The third-order valence-electron chi connectivity index (χ3n) is 24.8. The van der Waals surface area contributed by atoms with Crippen LogP contribution in [0.4, 0.5) is 22.7 Å². The zero-order valence-corrected chi connectivity index (χ0v) is 78.9. The molecule has 25 nitrogen and oxygen atoms in total. The smallest absolute Gasteiger partial charge is 0.258 e. The Morgan fingerprint density at radius 2 is 0.629 bits per heavy atom. The topological polar surface area (TPSA) is 278 Å². The van der Waals surface area contributed by atoms with Gasteiger partial charge in [0.2, 0.25) is 0 Å². The quantitative estimate of drug-likeness (QED) is 0.0471. The normalized spacial score (nSPS) is 15.0. The lowest BCUT2D eigenvalue weighted by atomic mass is 10.0. The molecule has 4 amide bonds. The number of aryl methyl sites for hydroxylation is 4. The molecule has 678 valence electrons. The standard InChI is InChI=1S/C33H30ClN5O2.C29H32ClN5O.C20H21Cl2N5O.C19H19Cl2N5O/c1-22-29-30(34)28(33(41)36-26-14-12-25(13-15-26)31(40)24-10-6-3-7-11-24)20-35-32(29)39(37-22)27-16-18-38(19-17-27)21-23-8-4-2-5-9-23;1-19(2)22-9-11-23(12-10-22)32-29(36)25-17-31-28-26(27(25)30)20(3)33-35(28)24-13-15-34(16-14-24)18-21-7-5-4-6-8-21;1-12-17-18(22)16(20(28)24-14-5-3-13(21)4-6-14)11-23-19(17)27(25-12)15-7-9-26(2)10-8-15;1-11-16-17(21)15(19(27)24-13-4-2-12(20)3-5-13)10-23-18(16)26(25-11)14-6-8-22-9-7-14/h2-15,20,27H,16-19,21H2,1H3,(H,36,41);4-12,17,19,24H,13-16,18H2,1-3H3,(H,32,36);3-6,11,15H,7-10H2,1-2H3,(H,24,28);2-5,10,14,22H,6-9H2,1H3,(H,24,27). The van der Waals surface area contributed by atoms with Crippen molar-refractivity contribution in [3.05, 3.63) is 316 Å². The number of pyridine rings is 4. The second-order valence-corrected chi connectivity index (χ2v) is 36.6. The summed E-state index contributed by atoms with van der Waals surface area (Å²) in [6.45, 7) is 21.8. The fourth-order valence-electron chi connectivity index (χ4n) is 17.5. The Bertz CT molecular complexity index is 6650. The molecule has 4 aliphatic rings. The van der Waals surface area contributed by atoms with Gasteiger partial charge in [-0.1, -0.05) is 187 Å². The van der Waals surface area contributed by atoms with Gasteiger partial charge in [-0.2, -0.15) is 20.4 Å². The molecule has 15 aromatic rings. The molecule has 0 aliphatic carbocycles. The highest BCUT2D eigenvalue weighted by atomic mass is 35.5. The summed E-state index contributed by atoms with van der Waals surface area (Å²) in [6, 6.07) is 59.8. The van der Waals surface area contributed by atoms with Crippen molar-refractivity contribution in [1.29, 1.82) is 0 Å². The third-order valence-corrected chi connectivity index (χ3v) is 26.9. The minimum absolute atomic E-state index is 0.0736. The summed E-state index contributed by atoms with van der Waals surface area (Å²) >= 11 is 38.6. The molecule has 0 atom stereocenters. The average Bonchev–Trinajstić information content (AvgIpc) is 1.62. The molecule has 31 heteroatoms. The molecule has 4 saturated heterocycles. The van der Waals surface area contributed by atoms with Crippen molar-refractivity contribution in [2.24, 2.45) is 0 Å². The van der Waals surface area contributed by atoms with Crippen LogP contribution in [0.5, 0.6) is 0 Å². The number of halogens is 6. The highest BCUT2D eigenvalue weighted by molar-refractivity contribution is 6.41. The SMILES string of the molecule is Cc1nn(C2CCN(C)CC2)c2ncc(C(=O)Nc3ccc(Cl)cc3)c(Cl)c12.Cc1nn(C2CCN(Cc3ccccc3)CC2)c2ncc(C(=O)Nc3ccc(C(=O)c4ccccc4)cc3)c(Cl)c12.Cc1nn(C2CCN(Cc3ccccc3)CC2)c2ncc(C(=O)Nc3ccc(C(C)C)cc3)c(Cl)c12.Cc1nn(C2CCNCC2)c2ncc(C(=O)Nc3ccc(Cl)cc3)c(Cl)c12. The van der Waals surface area contributed by atoms with E-state index in [9.17, 15) is 24.0 Å². The van der Waals surface area contributed by atoms with Gasteiger partial charge >= 0.3 is 0 Å². The molecule has 0 unspecified atom stereocenters. The fraction of sp³-hybridized carbons (Fsp3) is 0.297. The van der Waals surface area contributed by atoms with Crippen LogP contribution in [-0.2, 0) is 13.1 Å². The zero-order valence-electron chi connectivity index (χ0n) is 74.3. The number of rotatable bonds is 19. The van der Waals surface area contributed by atoms with Crippen molar-refractivity contribution in [2.75, 3.05) is 80.7 Å². The summed E-state index contributed by atoms with van der Waals surface area (Å²) < 4.78 is 7.94. The minimum atomic E-state index is -0.368. The number of benzene rings is 7. The van der Waals surface area contributed by atoms with Crippen molar-refractivity contribution in [2.45, 2.75) is 136 Å². The van der Waals surface area contributed by atoms with Crippen LogP contribution in [0.1, 0.15) is 192 Å². The van der Waals surface area contributed by atoms with Crippen LogP contribution in [0.15, 0.2) is 213 Å². The van der Waals surface area contributed by atoms with E-state index in [0.717, 1.165) is 178 Å². The second kappa shape index (κ2) is 42.4. The maximum atomic E-state index is 13.2. The van der Waals surface area contributed by atoms with Gasteiger partial charge < -0.3 is 31.5 Å². The van der Waals surface area contributed by atoms with Gasteiger partial charge in [0, 0.05) is 108 Å². The van der Waals surface area contributed by atoms with E-state index in [2.05, 4.69) is 142 Å². The Kier molecular flexibility index (Phi) is 30.0. The number of likely N-dealkylation sites (tertiary alicyclic amines) is 3. The minimum Gasteiger partial charge on any atom is -0.322 e. The highest BCUT2D eigenvalue weighted by Crippen LogP contribution is 2.40. The Balaban J connectivity index is 0.000000130. The van der Waals surface area contributed by atoms with Gasteiger partial charge in [0.05, 0.1) is 111 Å². The van der Waals surface area contributed by atoms with Crippen LogP contribution in [0, 0.1) is 27.7 Å². The predicted molar refractivity (Wildman–Crippen MR) is 528 cm³/mol. The van der Waals surface area contributed by atoms with E-state index >= 15 is 0 Å². The van der Waals surface area contributed by atoms with E-state index in [1.165, 1.54) is 35.3 Å². The van der Waals surface area contributed by atoms with Crippen LogP contribution < -0.4 is 26.6 Å². The number of aromatic nitrogens is 12. The van der Waals surface area contributed by atoms with Gasteiger partial charge in [-0.3, -0.25) is 33.8 Å². The number of amides is 4. The van der Waals surface area contributed by atoms with Crippen molar-refractivity contribution in [3.63, 3.8) is 0 Å². The molecule has 0 radical (unpaired) electrons. The van der Waals surface area contributed by atoms with Gasteiger partial charge in [-0.15, -0.1) is 0 Å². The van der Waals surface area contributed by atoms with Crippen LogP contribution in [0.2, 0.25) is 30.1 Å². The summed E-state index contributed by atoms with van der Waals surface area (Å²) in [5.74, 6) is -0.901. The van der Waals surface area contributed by atoms with E-state index in [1.54, 1.807) is 91.1 Å². The summed E-state index contributed by atoms with van der Waals surface area (Å²) in [4.78, 5) is 90.0. The van der Waals surface area contributed by atoms with E-state index in [-0.39, 0.29) is 47.1 Å². The Hall–Kier alpha value is -11.9. The van der Waals surface area contributed by atoms with Crippen molar-refractivity contribution in [1.82, 2.24) is 79.1 Å². The van der Waals surface area contributed by atoms with Crippen LogP contribution in [0.3, 0.4) is 0 Å². The molecule has 0 saturated carbocycles. The Labute approximate surface area is 795 Å². The molecule has 4 aliphatic heterocycles. The van der Waals surface area contributed by atoms with Crippen LogP contribution >= 0.6 is 69.6 Å². The molecule has 0 spiro atoms.